The fourth-order valence-corrected chi connectivity index (χ4v) is 4.39. The summed E-state index contributed by atoms with van der Waals surface area (Å²) in [6, 6.07) is 3.63. The van der Waals surface area contributed by atoms with Gasteiger partial charge in [-0.05, 0) is 36.3 Å². The molecular weight excluding hydrogens is 289 g/mol. The second-order valence-corrected chi connectivity index (χ2v) is 7.55. The summed E-state index contributed by atoms with van der Waals surface area (Å²) in [7, 11) is -3.82. The first kappa shape index (κ1) is 14.8. The van der Waals surface area contributed by atoms with Crippen molar-refractivity contribution in [1.29, 1.82) is 0 Å². The maximum Gasteiger partial charge on any atom is 0.243 e. The lowest BCUT2D eigenvalue weighted by molar-refractivity contribution is 0.281. The Hall–Kier alpha value is -0.630. The number of rotatable bonds is 5. The summed E-state index contributed by atoms with van der Waals surface area (Å²) < 4.78 is 40.1. The lowest BCUT2D eigenvalue weighted by Crippen LogP contribution is -2.30. The molecule has 1 heterocycles. The summed E-state index contributed by atoms with van der Waals surface area (Å²) in [6.45, 7) is 0.0115. The first-order valence-corrected chi connectivity index (χ1v) is 8.56. The van der Waals surface area contributed by atoms with Crippen LogP contribution in [0.4, 0.5) is 4.39 Å². The minimum absolute atomic E-state index is 0.273. The Labute approximate surface area is 116 Å². The Morgan fingerprint density at radius 1 is 1.47 bits per heavy atom. The third-order valence-corrected chi connectivity index (χ3v) is 5.85. The topological polar surface area (TPSA) is 66.4 Å². The zero-order valence-electron chi connectivity index (χ0n) is 10.3. The molecule has 2 rings (SSSR count). The number of nitrogens with one attached hydrogen (secondary N) is 1. The molecule has 0 amide bonds. The second-order valence-electron chi connectivity index (χ2n) is 4.41. The number of sulfonamides is 1. The van der Waals surface area contributed by atoms with Crippen LogP contribution in [0.15, 0.2) is 23.1 Å². The number of halogens is 1. The third-order valence-electron chi connectivity index (χ3n) is 2.99. The summed E-state index contributed by atoms with van der Waals surface area (Å²) in [5.74, 6) is 0.213. The van der Waals surface area contributed by atoms with Gasteiger partial charge >= 0.3 is 0 Å². The second kappa shape index (κ2) is 6.21. The largest absolute Gasteiger partial charge is 0.392 e. The van der Waals surface area contributed by atoms with E-state index >= 15 is 0 Å². The molecule has 106 valence electrons. The number of aliphatic hydroxyl groups is 1. The van der Waals surface area contributed by atoms with Crippen molar-refractivity contribution < 1.29 is 17.9 Å². The molecule has 0 bridgehead atoms. The number of benzene rings is 1. The minimum atomic E-state index is -3.82. The molecule has 1 aromatic rings. The molecule has 0 radical (unpaired) electrons. The van der Waals surface area contributed by atoms with Gasteiger partial charge in [-0.3, -0.25) is 0 Å². The Morgan fingerprint density at radius 3 is 2.84 bits per heavy atom. The quantitative estimate of drug-likeness (QED) is 0.865. The van der Waals surface area contributed by atoms with Gasteiger partial charge in [0.1, 0.15) is 10.7 Å². The number of aliphatic hydroxyl groups excluding tert-OH is 1. The van der Waals surface area contributed by atoms with Crippen molar-refractivity contribution in [1.82, 2.24) is 4.72 Å². The van der Waals surface area contributed by atoms with E-state index in [-0.39, 0.29) is 16.8 Å². The van der Waals surface area contributed by atoms with E-state index in [1.165, 1.54) is 12.1 Å². The van der Waals surface area contributed by atoms with Crippen LogP contribution in [-0.2, 0) is 16.6 Å². The van der Waals surface area contributed by atoms with Gasteiger partial charge in [0.05, 0.1) is 6.61 Å². The van der Waals surface area contributed by atoms with Crippen molar-refractivity contribution in [3.05, 3.63) is 29.6 Å². The number of hydrogen-bond donors (Lipinski definition) is 2. The molecule has 0 spiro atoms. The van der Waals surface area contributed by atoms with E-state index < -0.39 is 15.8 Å². The molecule has 1 saturated heterocycles. The normalized spacial score (nSPS) is 19.8. The molecular formula is C12H16FNO3S2. The standard InChI is InChI=1S/C12H16FNO3S2/c13-11-6-9(8-15)3-4-12(11)19(16,17)14-7-10-2-1-5-18-10/h3-4,6,10,14-15H,1-2,5,7-8H2. The van der Waals surface area contributed by atoms with Crippen LogP contribution in [0.3, 0.4) is 0 Å². The van der Waals surface area contributed by atoms with Gasteiger partial charge < -0.3 is 5.11 Å². The van der Waals surface area contributed by atoms with E-state index in [9.17, 15) is 12.8 Å². The molecule has 1 atom stereocenters. The molecule has 1 unspecified atom stereocenters. The van der Waals surface area contributed by atoms with Gasteiger partial charge in [-0.2, -0.15) is 11.8 Å². The molecule has 1 fully saturated rings. The predicted octanol–water partition coefficient (Wildman–Crippen LogP) is 1.49. The molecule has 19 heavy (non-hydrogen) atoms. The van der Waals surface area contributed by atoms with Crippen LogP contribution in [0.2, 0.25) is 0 Å². The summed E-state index contributed by atoms with van der Waals surface area (Å²) in [5.41, 5.74) is 0.350. The van der Waals surface area contributed by atoms with Crippen molar-refractivity contribution in [2.75, 3.05) is 12.3 Å². The molecule has 0 aromatic heterocycles. The van der Waals surface area contributed by atoms with Gasteiger partial charge in [-0.1, -0.05) is 6.07 Å². The van der Waals surface area contributed by atoms with Crippen LogP contribution >= 0.6 is 11.8 Å². The SMILES string of the molecule is O=S(=O)(NCC1CCCS1)c1ccc(CO)cc1F. The van der Waals surface area contributed by atoms with Crippen LogP contribution in [0.5, 0.6) is 0 Å². The maximum atomic E-state index is 13.7. The van der Waals surface area contributed by atoms with E-state index in [4.69, 9.17) is 5.11 Å². The fraction of sp³-hybridized carbons (Fsp3) is 0.500. The van der Waals surface area contributed by atoms with Crippen LogP contribution in [0.25, 0.3) is 0 Å². The Bertz CT molecular complexity index is 542. The van der Waals surface area contributed by atoms with Gasteiger partial charge in [0.2, 0.25) is 10.0 Å². The minimum Gasteiger partial charge on any atom is -0.392 e. The highest BCUT2D eigenvalue weighted by Crippen LogP contribution is 2.26. The van der Waals surface area contributed by atoms with E-state index in [0.29, 0.717) is 12.1 Å². The smallest absolute Gasteiger partial charge is 0.243 e. The molecule has 0 saturated carbocycles. The van der Waals surface area contributed by atoms with Crippen LogP contribution in [0.1, 0.15) is 18.4 Å². The van der Waals surface area contributed by atoms with Crippen molar-refractivity contribution in [3.63, 3.8) is 0 Å². The molecule has 1 aliphatic rings. The van der Waals surface area contributed by atoms with E-state index in [1.54, 1.807) is 11.8 Å². The predicted molar refractivity (Wildman–Crippen MR) is 73.0 cm³/mol. The highest BCUT2D eigenvalue weighted by Gasteiger charge is 2.22. The first-order chi connectivity index (χ1) is 9.03. The lowest BCUT2D eigenvalue weighted by atomic mass is 10.2. The highest BCUT2D eigenvalue weighted by molar-refractivity contribution is 8.00. The van der Waals surface area contributed by atoms with Gasteiger partial charge in [0.15, 0.2) is 0 Å². The monoisotopic (exact) mass is 305 g/mol. The molecule has 7 heteroatoms. The summed E-state index contributed by atoms with van der Waals surface area (Å²) in [6.07, 6.45) is 2.08. The van der Waals surface area contributed by atoms with Crippen LogP contribution in [0, 0.1) is 5.82 Å². The number of thioether (sulfide) groups is 1. The third kappa shape index (κ3) is 3.68. The van der Waals surface area contributed by atoms with Crippen molar-refractivity contribution in [2.45, 2.75) is 29.6 Å². The van der Waals surface area contributed by atoms with Crippen molar-refractivity contribution >= 4 is 21.8 Å². The molecule has 2 N–H and O–H groups in total. The average molecular weight is 305 g/mol. The first-order valence-electron chi connectivity index (χ1n) is 6.03. The maximum absolute atomic E-state index is 13.7. The van der Waals surface area contributed by atoms with Crippen molar-refractivity contribution in [3.8, 4) is 0 Å². The summed E-state index contributed by atoms with van der Waals surface area (Å²) in [4.78, 5) is -0.368. The van der Waals surface area contributed by atoms with E-state index in [0.717, 1.165) is 24.7 Å². The Kier molecular flexibility index (Phi) is 4.83. The van der Waals surface area contributed by atoms with Crippen LogP contribution < -0.4 is 4.72 Å². The highest BCUT2D eigenvalue weighted by atomic mass is 32.2. The molecule has 0 aliphatic carbocycles. The van der Waals surface area contributed by atoms with Gasteiger partial charge in [0.25, 0.3) is 0 Å². The van der Waals surface area contributed by atoms with E-state index in [2.05, 4.69) is 4.72 Å². The Morgan fingerprint density at radius 2 is 2.26 bits per heavy atom. The molecule has 1 aromatic carbocycles. The summed E-state index contributed by atoms with van der Waals surface area (Å²) >= 11 is 1.73. The molecule has 4 nitrogen and oxygen atoms in total. The number of hydrogen-bond acceptors (Lipinski definition) is 4. The van der Waals surface area contributed by atoms with Crippen molar-refractivity contribution in [2.24, 2.45) is 0 Å². The van der Waals surface area contributed by atoms with Gasteiger partial charge in [-0.15, -0.1) is 0 Å². The van der Waals surface area contributed by atoms with E-state index in [1.807, 2.05) is 0 Å². The summed E-state index contributed by atoms with van der Waals surface area (Å²) in [5, 5.41) is 9.14. The van der Waals surface area contributed by atoms with Gasteiger partial charge in [0, 0.05) is 11.8 Å². The Balaban J connectivity index is 2.10. The zero-order valence-corrected chi connectivity index (χ0v) is 11.9. The van der Waals surface area contributed by atoms with Crippen LogP contribution in [-0.4, -0.2) is 31.1 Å². The average Bonchev–Trinajstić information content (AvgIpc) is 2.89. The molecule has 1 aliphatic heterocycles. The fourth-order valence-electron chi connectivity index (χ4n) is 1.95. The van der Waals surface area contributed by atoms with Gasteiger partial charge in [-0.25, -0.2) is 17.5 Å². The lowest BCUT2D eigenvalue weighted by Gasteiger charge is -2.11. The zero-order chi connectivity index (χ0) is 13.9.